The lowest BCUT2D eigenvalue weighted by atomic mass is 10.0. The van der Waals surface area contributed by atoms with Crippen molar-refractivity contribution in [3.8, 4) is 0 Å². The molecule has 7 nitrogen and oxygen atoms in total. The van der Waals surface area contributed by atoms with Crippen LogP contribution in [-0.2, 0) is 14.6 Å². The van der Waals surface area contributed by atoms with E-state index in [0.29, 0.717) is 32.2 Å². The summed E-state index contributed by atoms with van der Waals surface area (Å²) in [5, 5.41) is 7.71. The van der Waals surface area contributed by atoms with E-state index in [1.165, 1.54) is 4.90 Å². The molecule has 0 aromatic heterocycles. The van der Waals surface area contributed by atoms with E-state index in [1.807, 2.05) is 30.3 Å². The zero-order valence-electron chi connectivity index (χ0n) is 15.0. The summed E-state index contributed by atoms with van der Waals surface area (Å²) in [4.78, 5) is 24.5. The van der Waals surface area contributed by atoms with Crippen molar-refractivity contribution in [2.45, 2.75) is 47.9 Å². The largest absolute Gasteiger partial charge is 0.355 e. The van der Waals surface area contributed by atoms with Gasteiger partial charge < -0.3 is 16.0 Å². The lowest BCUT2D eigenvalue weighted by molar-refractivity contribution is -0.121. The van der Waals surface area contributed by atoms with Gasteiger partial charge in [-0.05, 0) is 25.0 Å². The van der Waals surface area contributed by atoms with E-state index in [4.69, 9.17) is 0 Å². The summed E-state index contributed by atoms with van der Waals surface area (Å²) in [5.41, 5.74) is 0. The Balaban J connectivity index is 1.30. The normalized spacial score (nSPS) is 25.5. The first-order valence-electron chi connectivity index (χ1n) is 9.19. The molecule has 9 heteroatoms. The molecule has 3 atom stereocenters. The van der Waals surface area contributed by atoms with Gasteiger partial charge in [0.1, 0.15) is 0 Å². The maximum Gasteiger partial charge on any atom is 0.315 e. The van der Waals surface area contributed by atoms with E-state index in [-0.39, 0.29) is 29.8 Å². The highest BCUT2D eigenvalue weighted by atomic mass is 32.2. The lowest BCUT2D eigenvalue weighted by Gasteiger charge is -2.16. The van der Waals surface area contributed by atoms with Crippen LogP contribution in [0.1, 0.15) is 25.7 Å². The summed E-state index contributed by atoms with van der Waals surface area (Å²) < 4.78 is 24.5. The van der Waals surface area contributed by atoms with Crippen LogP contribution in [0.5, 0.6) is 0 Å². The zero-order chi connectivity index (χ0) is 19.3. The van der Waals surface area contributed by atoms with Gasteiger partial charge in [-0.3, -0.25) is 4.79 Å². The van der Waals surface area contributed by atoms with Crippen LogP contribution in [0.15, 0.2) is 35.2 Å². The smallest absolute Gasteiger partial charge is 0.315 e. The van der Waals surface area contributed by atoms with Gasteiger partial charge in [0.25, 0.3) is 0 Å². The fourth-order valence-corrected chi connectivity index (χ4v) is 6.66. The molecule has 3 N–H and O–H groups in total. The minimum atomic E-state index is -3.19. The van der Waals surface area contributed by atoms with Gasteiger partial charge >= 0.3 is 6.03 Å². The summed E-state index contributed by atoms with van der Waals surface area (Å²) in [6, 6.07) is 9.07. The van der Waals surface area contributed by atoms with E-state index in [1.54, 1.807) is 11.8 Å². The molecule has 3 rings (SSSR count). The second-order valence-corrected chi connectivity index (χ2v) is 10.3. The molecule has 1 aromatic carbocycles. The van der Waals surface area contributed by atoms with Gasteiger partial charge in [0, 0.05) is 23.6 Å². The summed E-state index contributed by atoms with van der Waals surface area (Å²) in [7, 11) is -3.19. The number of sulfone groups is 1. The van der Waals surface area contributed by atoms with Crippen molar-refractivity contribution in [3.63, 3.8) is 0 Å². The van der Waals surface area contributed by atoms with Gasteiger partial charge in [0.15, 0.2) is 9.84 Å². The third kappa shape index (κ3) is 5.38. The third-order valence-corrected chi connectivity index (χ3v) is 8.19. The molecule has 2 aliphatic heterocycles. The summed E-state index contributed by atoms with van der Waals surface area (Å²) in [6.45, 7) is 0.608. The molecular weight excluding hydrogens is 386 g/mol. The second kappa shape index (κ2) is 8.97. The number of carbonyl (C=O) groups is 2. The van der Waals surface area contributed by atoms with Gasteiger partial charge in [-0.25, -0.2) is 13.2 Å². The van der Waals surface area contributed by atoms with Crippen LogP contribution in [0.3, 0.4) is 0 Å². The minimum absolute atomic E-state index is 0.000635. The topological polar surface area (TPSA) is 104 Å². The Morgan fingerprint density at radius 2 is 1.96 bits per heavy atom. The molecule has 0 saturated carbocycles. The highest BCUT2D eigenvalue weighted by Crippen LogP contribution is 2.28. The van der Waals surface area contributed by atoms with Crippen LogP contribution in [-0.4, -0.2) is 55.7 Å². The van der Waals surface area contributed by atoms with Crippen molar-refractivity contribution < 1.29 is 18.0 Å². The average Bonchev–Trinajstić information content (AvgIpc) is 3.08. The molecule has 2 fully saturated rings. The molecule has 0 radical (unpaired) electrons. The standard InChI is InChI=1S/C18H25N3O4S2/c22-16(19-10-11-26-13-6-2-1-3-7-13)9-5-4-8-15-17-14(12-27(15,24)25)20-18(23)21-17/h1-3,6-7,14-15,17H,4-5,8-12H2,(H,19,22)(H2,20,21,23)/t14-,15+,17-/m0/s1. The number of unbranched alkanes of at least 4 members (excludes halogenated alkanes) is 1. The Kier molecular flexibility index (Phi) is 6.64. The number of benzene rings is 1. The van der Waals surface area contributed by atoms with Gasteiger partial charge in [0.05, 0.1) is 23.1 Å². The Hall–Kier alpha value is -1.74. The number of fused-ring (bicyclic) bond motifs is 1. The van der Waals surface area contributed by atoms with Gasteiger partial charge in [-0.15, -0.1) is 11.8 Å². The first-order chi connectivity index (χ1) is 13.0. The van der Waals surface area contributed by atoms with E-state index < -0.39 is 15.1 Å². The highest BCUT2D eigenvalue weighted by Gasteiger charge is 2.51. The van der Waals surface area contributed by atoms with E-state index >= 15 is 0 Å². The maximum absolute atomic E-state index is 12.2. The van der Waals surface area contributed by atoms with E-state index in [9.17, 15) is 18.0 Å². The fourth-order valence-electron chi connectivity index (χ4n) is 3.60. The lowest BCUT2D eigenvalue weighted by Crippen LogP contribution is -2.39. The molecule has 148 valence electrons. The molecule has 0 bridgehead atoms. The van der Waals surface area contributed by atoms with Gasteiger partial charge in [-0.1, -0.05) is 24.6 Å². The second-order valence-electron chi connectivity index (χ2n) is 6.88. The quantitative estimate of drug-likeness (QED) is 0.323. The Labute approximate surface area is 164 Å². The Morgan fingerprint density at radius 3 is 2.74 bits per heavy atom. The minimum Gasteiger partial charge on any atom is -0.355 e. The number of urea groups is 1. The summed E-state index contributed by atoms with van der Waals surface area (Å²) >= 11 is 1.69. The SMILES string of the molecule is O=C(CCCC[C@@H]1[C@H]2NC(=O)N[C@H]2CS1(=O)=O)NCCSc1ccccc1. The first-order valence-corrected chi connectivity index (χ1v) is 11.9. The average molecular weight is 412 g/mol. The van der Waals surface area contributed by atoms with Gasteiger partial charge in [-0.2, -0.15) is 0 Å². The number of amides is 3. The molecular formula is C18H25N3O4S2. The van der Waals surface area contributed by atoms with Crippen LogP contribution >= 0.6 is 11.8 Å². The fraction of sp³-hybridized carbons (Fsp3) is 0.556. The number of carbonyl (C=O) groups excluding carboxylic acids is 2. The van der Waals surface area contributed by atoms with Crippen molar-refractivity contribution >= 4 is 33.5 Å². The number of hydrogen-bond acceptors (Lipinski definition) is 5. The van der Waals surface area contributed by atoms with Crippen molar-refractivity contribution in [3.05, 3.63) is 30.3 Å². The van der Waals surface area contributed by atoms with E-state index in [2.05, 4.69) is 16.0 Å². The van der Waals surface area contributed by atoms with Crippen LogP contribution in [0.4, 0.5) is 4.79 Å². The highest BCUT2D eigenvalue weighted by molar-refractivity contribution is 7.99. The van der Waals surface area contributed by atoms with Crippen molar-refractivity contribution in [2.75, 3.05) is 18.1 Å². The predicted octanol–water partition coefficient (Wildman–Crippen LogP) is 1.30. The molecule has 2 aliphatic rings. The molecule has 2 heterocycles. The van der Waals surface area contributed by atoms with E-state index in [0.717, 1.165) is 5.75 Å². The molecule has 0 unspecified atom stereocenters. The number of nitrogens with one attached hydrogen (secondary N) is 3. The first kappa shape index (κ1) is 20.0. The Bertz CT molecular complexity index is 770. The van der Waals surface area contributed by atoms with Crippen LogP contribution in [0.2, 0.25) is 0 Å². The zero-order valence-corrected chi connectivity index (χ0v) is 16.7. The molecule has 0 spiro atoms. The molecule has 3 amide bonds. The maximum atomic E-state index is 12.2. The Morgan fingerprint density at radius 1 is 1.19 bits per heavy atom. The molecule has 0 aliphatic carbocycles. The van der Waals surface area contributed by atoms with Gasteiger partial charge in [0.2, 0.25) is 5.91 Å². The third-order valence-electron chi connectivity index (χ3n) is 4.90. The molecule has 1 aromatic rings. The molecule has 27 heavy (non-hydrogen) atoms. The number of hydrogen-bond donors (Lipinski definition) is 3. The number of thioether (sulfide) groups is 1. The monoisotopic (exact) mass is 411 g/mol. The van der Waals surface area contributed by atoms with Crippen LogP contribution < -0.4 is 16.0 Å². The summed E-state index contributed by atoms with van der Waals surface area (Å²) in [5.74, 6) is 0.804. The van der Waals surface area contributed by atoms with Crippen LogP contribution in [0.25, 0.3) is 0 Å². The number of rotatable bonds is 9. The van der Waals surface area contributed by atoms with Crippen molar-refractivity contribution in [2.24, 2.45) is 0 Å². The van der Waals surface area contributed by atoms with Crippen LogP contribution in [0, 0.1) is 0 Å². The van der Waals surface area contributed by atoms with Crippen molar-refractivity contribution in [1.29, 1.82) is 0 Å². The predicted molar refractivity (Wildman–Crippen MR) is 105 cm³/mol. The van der Waals surface area contributed by atoms with Crippen molar-refractivity contribution in [1.82, 2.24) is 16.0 Å². The molecule has 2 saturated heterocycles. The summed E-state index contributed by atoms with van der Waals surface area (Å²) in [6.07, 6.45) is 2.15.